The van der Waals surface area contributed by atoms with E-state index < -0.39 is 5.38 Å². The quantitative estimate of drug-likeness (QED) is 0.611. The van der Waals surface area contributed by atoms with E-state index in [2.05, 4.69) is 15.9 Å². The van der Waals surface area contributed by atoms with Crippen LogP contribution in [0.5, 0.6) is 5.75 Å². The summed E-state index contributed by atoms with van der Waals surface area (Å²) in [5.41, 5.74) is 1.59. The molecule has 4 heteroatoms. The van der Waals surface area contributed by atoms with Gasteiger partial charge in [-0.3, -0.25) is 4.79 Å². The van der Waals surface area contributed by atoms with Crippen molar-refractivity contribution in [1.29, 1.82) is 0 Å². The van der Waals surface area contributed by atoms with Gasteiger partial charge in [0.25, 0.3) is 0 Å². The molecule has 0 N–H and O–H groups in total. The first kappa shape index (κ1) is 13.5. The summed E-state index contributed by atoms with van der Waals surface area (Å²) in [6.07, 6.45) is 0. The Bertz CT molecular complexity index is 377. The molecule has 88 valence electrons. The first-order valence-electron chi connectivity index (χ1n) is 5.10. The van der Waals surface area contributed by atoms with Crippen molar-refractivity contribution in [1.82, 2.24) is 0 Å². The Hall–Kier alpha value is -0.540. The molecule has 0 saturated carbocycles. The second kappa shape index (κ2) is 6.26. The highest BCUT2D eigenvalue weighted by Crippen LogP contribution is 2.24. The van der Waals surface area contributed by atoms with Crippen LogP contribution in [0, 0.1) is 0 Å². The number of carbonyl (C=O) groups is 1. The summed E-state index contributed by atoms with van der Waals surface area (Å²) in [6, 6.07) is 5.56. The summed E-state index contributed by atoms with van der Waals surface area (Å²) >= 11 is 9.17. The molecule has 0 fully saturated rings. The Labute approximate surface area is 109 Å². The van der Waals surface area contributed by atoms with Crippen LogP contribution in [0.2, 0.25) is 0 Å². The Morgan fingerprint density at radius 3 is 2.75 bits per heavy atom. The van der Waals surface area contributed by atoms with E-state index in [1.807, 2.05) is 25.1 Å². The zero-order valence-electron chi connectivity index (χ0n) is 9.30. The third-order valence-corrected chi connectivity index (χ3v) is 2.97. The second-order valence-corrected chi connectivity index (χ2v) is 4.59. The molecular formula is C12H14BrClO2. The van der Waals surface area contributed by atoms with Gasteiger partial charge in [0.1, 0.15) is 5.75 Å². The van der Waals surface area contributed by atoms with E-state index in [0.29, 0.717) is 23.2 Å². The molecule has 0 spiro atoms. The number of alkyl halides is 2. The summed E-state index contributed by atoms with van der Waals surface area (Å²) < 4.78 is 5.41. The fraction of sp³-hybridized carbons (Fsp3) is 0.417. The van der Waals surface area contributed by atoms with Gasteiger partial charge < -0.3 is 4.74 Å². The molecule has 1 rings (SSSR count). The molecule has 16 heavy (non-hydrogen) atoms. The molecule has 0 aliphatic carbocycles. The van der Waals surface area contributed by atoms with Gasteiger partial charge in [0.2, 0.25) is 0 Å². The lowest BCUT2D eigenvalue weighted by Crippen LogP contribution is -2.13. The number of hydrogen-bond acceptors (Lipinski definition) is 2. The van der Waals surface area contributed by atoms with Crippen molar-refractivity contribution < 1.29 is 9.53 Å². The second-order valence-electron chi connectivity index (χ2n) is 3.38. The van der Waals surface area contributed by atoms with Gasteiger partial charge in [-0.1, -0.05) is 22.0 Å². The maximum absolute atomic E-state index is 11.9. The molecule has 0 amide bonds. The first-order chi connectivity index (χ1) is 7.60. The van der Waals surface area contributed by atoms with Crippen LogP contribution in [0.1, 0.15) is 29.8 Å². The van der Waals surface area contributed by atoms with Gasteiger partial charge in [-0.05, 0) is 31.5 Å². The molecule has 1 unspecified atom stereocenters. The number of carbonyl (C=O) groups excluding carboxylic acids is 1. The van der Waals surface area contributed by atoms with Gasteiger partial charge in [0.05, 0.1) is 17.5 Å². The fourth-order valence-electron chi connectivity index (χ4n) is 1.35. The molecular weight excluding hydrogens is 291 g/mol. The van der Waals surface area contributed by atoms with Gasteiger partial charge in [-0.25, -0.2) is 0 Å². The third kappa shape index (κ3) is 3.22. The number of Topliss-reactive ketones (excluding diaryl/α,β-unsaturated/α-hetero) is 1. The molecule has 0 aromatic heterocycles. The number of ketones is 1. The van der Waals surface area contributed by atoms with Gasteiger partial charge in [0, 0.05) is 5.33 Å². The highest BCUT2D eigenvalue weighted by atomic mass is 79.9. The van der Waals surface area contributed by atoms with Gasteiger partial charge in [-0.15, -0.1) is 11.6 Å². The minimum Gasteiger partial charge on any atom is -0.493 e. The topological polar surface area (TPSA) is 26.3 Å². The Morgan fingerprint density at radius 1 is 1.56 bits per heavy atom. The normalized spacial score (nSPS) is 12.2. The van der Waals surface area contributed by atoms with Crippen LogP contribution >= 0.6 is 27.5 Å². The van der Waals surface area contributed by atoms with Crippen LogP contribution in [0.4, 0.5) is 0 Å². The smallest absolute Gasteiger partial charge is 0.184 e. The molecule has 0 radical (unpaired) electrons. The summed E-state index contributed by atoms with van der Waals surface area (Å²) in [6.45, 7) is 4.09. The predicted molar refractivity (Wildman–Crippen MR) is 69.9 cm³/mol. The van der Waals surface area contributed by atoms with Gasteiger partial charge in [0.15, 0.2) is 5.78 Å². The number of halogens is 2. The van der Waals surface area contributed by atoms with Crippen LogP contribution in [0.25, 0.3) is 0 Å². The van der Waals surface area contributed by atoms with Gasteiger partial charge in [-0.2, -0.15) is 0 Å². The highest BCUT2D eigenvalue weighted by Gasteiger charge is 2.17. The zero-order valence-corrected chi connectivity index (χ0v) is 11.6. The molecule has 0 aliphatic rings. The molecule has 1 aromatic rings. The lowest BCUT2D eigenvalue weighted by atomic mass is 10.0. The Balaban J connectivity index is 3.14. The minimum absolute atomic E-state index is 0.104. The zero-order chi connectivity index (χ0) is 12.1. The summed E-state index contributed by atoms with van der Waals surface area (Å²) in [4.78, 5) is 11.9. The highest BCUT2D eigenvalue weighted by molar-refractivity contribution is 9.08. The maximum Gasteiger partial charge on any atom is 0.184 e. The standard InChI is InChI=1S/C12H14BrClO2/c1-3-16-11-5-4-9(7-13)6-10(11)12(15)8(2)14/h4-6,8H,3,7H2,1-2H3. The van der Waals surface area contributed by atoms with Crippen molar-refractivity contribution >= 4 is 33.3 Å². The molecule has 2 nitrogen and oxygen atoms in total. The van der Waals surface area contributed by atoms with Crippen molar-refractivity contribution in [3.8, 4) is 5.75 Å². The molecule has 0 aliphatic heterocycles. The van der Waals surface area contributed by atoms with Crippen LogP contribution in [0.15, 0.2) is 18.2 Å². The molecule has 1 atom stereocenters. The van der Waals surface area contributed by atoms with Gasteiger partial charge >= 0.3 is 0 Å². The Kier molecular flexibility index (Phi) is 5.29. The van der Waals surface area contributed by atoms with E-state index >= 15 is 0 Å². The Morgan fingerprint density at radius 2 is 2.25 bits per heavy atom. The van der Waals surface area contributed by atoms with E-state index in [1.165, 1.54) is 0 Å². The van der Waals surface area contributed by atoms with Crippen LogP contribution in [-0.4, -0.2) is 17.8 Å². The molecule has 0 bridgehead atoms. The van der Waals surface area contributed by atoms with E-state index in [-0.39, 0.29) is 5.78 Å². The first-order valence-corrected chi connectivity index (χ1v) is 6.66. The monoisotopic (exact) mass is 304 g/mol. The number of benzene rings is 1. The summed E-state index contributed by atoms with van der Waals surface area (Å²) in [7, 11) is 0. The third-order valence-electron chi connectivity index (χ3n) is 2.12. The van der Waals surface area contributed by atoms with E-state index in [0.717, 1.165) is 5.56 Å². The molecule has 0 heterocycles. The SMILES string of the molecule is CCOc1ccc(CBr)cc1C(=O)C(C)Cl. The van der Waals surface area contributed by atoms with E-state index in [9.17, 15) is 4.79 Å². The van der Waals surface area contributed by atoms with Crippen LogP contribution in [-0.2, 0) is 5.33 Å². The van der Waals surface area contributed by atoms with Crippen molar-refractivity contribution in [2.75, 3.05) is 6.61 Å². The average molecular weight is 306 g/mol. The average Bonchev–Trinajstić information content (AvgIpc) is 2.29. The van der Waals surface area contributed by atoms with Crippen molar-refractivity contribution in [2.24, 2.45) is 0 Å². The predicted octanol–water partition coefficient (Wildman–Crippen LogP) is 3.79. The largest absolute Gasteiger partial charge is 0.493 e. The summed E-state index contributed by atoms with van der Waals surface area (Å²) in [5.74, 6) is 0.498. The van der Waals surface area contributed by atoms with Crippen LogP contribution in [0.3, 0.4) is 0 Å². The maximum atomic E-state index is 11.9. The van der Waals surface area contributed by atoms with Crippen LogP contribution < -0.4 is 4.74 Å². The van der Waals surface area contributed by atoms with Crippen molar-refractivity contribution in [3.05, 3.63) is 29.3 Å². The molecule has 0 saturated heterocycles. The molecule has 1 aromatic carbocycles. The van der Waals surface area contributed by atoms with E-state index in [4.69, 9.17) is 16.3 Å². The number of ether oxygens (including phenoxy) is 1. The van der Waals surface area contributed by atoms with Crippen molar-refractivity contribution in [3.63, 3.8) is 0 Å². The van der Waals surface area contributed by atoms with E-state index in [1.54, 1.807) is 6.92 Å². The number of hydrogen-bond donors (Lipinski definition) is 0. The number of rotatable bonds is 5. The summed E-state index contributed by atoms with van der Waals surface area (Å²) in [5, 5.41) is 0.167. The lowest BCUT2D eigenvalue weighted by molar-refractivity contribution is 0.0988. The fourth-order valence-corrected chi connectivity index (χ4v) is 1.81. The minimum atomic E-state index is -0.537. The lowest BCUT2D eigenvalue weighted by Gasteiger charge is -2.11. The van der Waals surface area contributed by atoms with Crippen molar-refractivity contribution in [2.45, 2.75) is 24.6 Å².